The van der Waals surface area contributed by atoms with Gasteiger partial charge in [0.05, 0.1) is 0 Å². The number of hydrogen-bond donors (Lipinski definition) is 0. The van der Waals surface area contributed by atoms with Crippen molar-refractivity contribution in [2.75, 3.05) is 21.3 Å². The first kappa shape index (κ1) is 11.1. The number of rotatable bonds is 5. The molecule has 1 radical (unpaired) electrons. The molecule has 1 unspecified atom stereocenters. The molecule has 0 aromatic rings. The quantitative estimate of drug-likeness (QED) is 0.593. The van der Waals surface area contributed by atoms with Crippen LogP contribution in [-0.2, 0) is 13.3 Å². The zero-order valence-electron chi connectivity index (χ0n) is 7.72. The van der Waals surface area contributed by atoms with Gasteiger partial charge < -0.3 is 13.3 Å². The Kier molecular flexibility index (Phi) is 4.91. The topological polar surface area (TPSA) is 27.7 Å². The molecule has 0 saturated carbocycles. The molecule has 0 rings (SSSR count). The summed E-state index contributed by atoms with van der Waals surface area (Å²) in [5.74, 6) is 0.293. The van der Waals surface area contributed by atoms with E-state index in [4.69, 9.17) is 13.3 Å². The first-order chi connectivity index (χ1) is 5.10. The summed E-state index contributed by atoms with van der Waals surface area (Å²) in [6.45, 7) is 5.87. The predicted octanol–water partition coefficient (Wildman–Crippen LogP) is 1.33. The molecule has 0 saturated heterocycles. The van der Waals surface area contributed by atoms with Gasteiger partial charge in [0, 0.05) is 27.4 Å². The monoisotopic (exact) mass is 177 g/mol. The predicted molar refractivity (Wildman–Crippen MR) is 46.1 cm³/mol. The van der Waals surface area contributed by atoms with Crippen LogP contribution in [0.5, 0.6) is 0 Å². The van der Waals surface area contributed by atoms with E-state index in [-0.39, 0.29) is 0 Å². The van der Waals surface area contributed by atoms with Crippen molar-refractivity contribution in [3.8, 4) is 0 Å². The summed E-state index contributed by atoms with van der Waals surface area (Å²) in [5.41, 5.74) is 0. The molecule has 11 heavy (non-hydrogen) atoms. The van der Waals surface area contributed by atoms with Gasteiger partial charge in [0.1, 0.15) is 0 Å². The van der Waals surface area contributed by atoms with Crippen LogP contribution in [-0.4, -0.2) is 30.1 Å². The lowest BCUT2D eigenvalue weighted by Crippen LogP contribution is -2.43. The van der Waals surface area contributed by atoms with E-state index in [1.807, 2.05) is 6.92 Å². The van der Waals surface area contributed by atoms with Crippen molar-refractivity contribution >= 4 is 8.80 Å². The van der Waals surface area contributed by atoms with Gasteiger partial charge in [0.25, 0.3) is 0 Å². The molecule has 3 nitrogen and oxygen atoms in total. The second-order valence-corrected chi connectivity index (χ2v) is 5.60. The van der Waals surface area contributed by atoms with E-state index in [1.54, 1.807) is 21.3 Å². The Hall–Kier alpha value is 0.0969. The fraction of sp³-hybridized carbons (Fsp3) is 0.857. The molecule has 0 heterocycles. The summed E-state index contributed by atoms with van der Waals surface area (Å²) < 4.78 is 15.6. The molecule has 0 fully saturated rings. The van der Waals surface area contributed by atoms with Crippen LogP contribution in [0.15, 0.2) is 0 Å². The van der Waals surface area contributed by atoms with Crippen LogP contribution in [0.2, 0.25) is 6.04 Å². The molecule has 0 amide bonds. The third kappa shape index (κ3) is 3.33. The summed E-state index contributed by atoms with van der Waals surface area (Å²) in [5, 5.41) is 0. The Morgan fingerprint density at radius 3 is 1.64 bits per heavy atom. The molecule has 0 aromatic carbocycles. The van der Waals surface area contributed by atoms with E-state index in [0.29, 0.717) is 5.92 Å². The highest BCUT2D eigenvalue weighted by atomic mass is 28.4. The van der Waals surface area contributed by atoms with Crippen LogP contribution in [0.1, 0.15) is 6.92 Å². The number of hydrogen-bond acceptors (Lipinski definition) is 3. The van der Waals surface area contributed by atoms with Gasteiger partial charge in [-0.1, -0.05) is 13.8 Å². The standard InChI is InChI=1S/C7H17O3Si/c1-7(2)6-11(8-3,9-4)10-5/h7H,1,6H2,2-5H3. The molecule has 1 atom stereocenters. The molecule has 0 N–H and O–H groups in total. The van der Waals surface area contributed by atoms with E-state index in [9.17, 15) is 0 Å². The van der Waals surface area contributed by atoms with Crippen molar-refractivity contribution in [2.45, 2.75) is 13.0 Å². The Labute approximate surface area is 70.0 Å². The zero-order chi connectivity index (χ0) is 8.91. The summed E-state index contributed by atoms with van der Waals surface area (Å²) in [6, 6.07) is 0.760. The van der Waals surface area contributed by atoms with Crippen molar-refractivity contribution in [3.63, 3.8) is 0 Å². The highest BCUT2D eigenvalue weighted by Crippen LogP contribution is 2.17. The van der Waals surface area contributed by atoms with Gasteiger partial charge >= 0.3 is 8.80 Å². The molecule has 0 aliphatic carbocycles. The maximum absolute atomic E-state index is 5.20. The van der Waals surface area contributed by atoms with Gasteiger partial charge in [-0.2, -0.15) is 0 Å². The summed E-state index contributed by atoms with van der Waals surface area (Å²) in [6.07, 6.45) is 0. The van der Waals surface area contributed by atoms with Crippen molar-refractivity contribution in [1.82, 2.24) is 0 Å². The highest BCUT2D eigenvalue weighted by molar-refractivity contribution is 6.60. The van der Waals surface area contributed by atoms with E-state index in [0.717, 1.165) is 6.04 Å². The van der Waals surface area contributed by atoms with E-state index in [1.165, 1.54) is 0 Å². The largest absolute Gasteiger partial charge is 0.500 e. The molecule has 0 aliphatic rings. The molecular formula is C7H17O3Si. The summed E-state index contributed by atoms with van der Waals surface area (Å²) in [7, 11) is 2.50. The van der Waals surface area contributed by atoms with Gasteiger partial charge in [-0.25, -0.2) is 0 Å². The van der Waals surface area contributed by atoms with Crippen molar-refractivity contribution in [2.24, 2.45) is 5.92 Å². The fourth-order valence-electron chi connectivity index (χ4n) is 0.927. The molecule has 67 valence electrons. The summed E-state index contributed by atoms with van der Waals surface area (Å²) in [4.78, 5) is 0. The van der Waals surface area contributed by atoms with Crippen LogP contribution in [0.25, 0.3) is 0 Å². The SMILES string of the molecule is [CH2]C(C)C[Si](OC)(OC)OC. The maximum atomic E-state index is 5.20. The summed E-state index contributed by atoms with van der Waals surface area (Å²) >= 11 is 0. The lowest BCUT2D eigenvalue weighted by Gasteiger charge is -2.25. The van der Waals surface area contributed by atoms with Crippen LogP contribution in [0, 0.1) is 12.8 Å². The normalized spacial score (nSPS) is 12.5. The van der Waals surface area contributed by atoms with Crippen molar-refractivity contribution in [1.29, 1.82) is 0 Å². The first-order valence-corrected chi connectivity index (χ1v) is 5.52. The molecule has 0 aromatic heterocycles. The molecule has 0 spiro atoms. The van der Waals surface area contributed by atoms with Gasteiger partial charge in [-0.3, -0.25) is 0 Å². The van der Waals surface area contributed by atoms with Gasteiger partial charge in [-0.05, 0) is 5.92 Å². The second kappa shape index (κ2) is 4.87. The highest BCUT2D eigenvalue weighted by Gasteiger charge is 2.38. The van der Waals surface area contributed by atoms with E-state index < -0.39 is 8.80 Å². The smallest absolute Gasteiger partial charge is 0.377 e. The van der Waals surface area contributed by atoms with E-state index >= 15 is 0 Å². The minimum atomic E-state index is -2.34. The third-order valence-corrected chi connectivity index (χ3v) is 4.59. The van der Waals surface area contributed by atoms with Crippen LogP contribution < -0.4 is 0 Å². The Bertz CT molecular complexity index is 93.6. The average molecular weight is 177 g/mol. The molecule has 0 bridgehead atoms. The fourth-order valence-corrected chi connectivity index (χ4v) is 2.78. The molecule has 0 aliphatic heterocycles. The second-order valence-electron chi connectivity index (χ2n) is 2.60. The van der Waals surface area contributed by atoms with Gasteiger partial charge in [0.15, 0.2) is 0 Å². The molecular weight excluding hydrogens is 160 g/mol. The Morgan fingerprint density at radius 2 is 1.55 bits per heavy atom. The minimum Gasteiger partial charge on any atom is -0.377 e. The van der Waals surface area contributed by atoms with E-state index in [2.05, 4.69) is 6.92 Å². The zero-order valence-corrected chi connectivity index (χ0v) is 8.72. The van der Waals surface area contributed by atoms with Gasteiger partial charge in [0.2, 0.25) is 0 Å². The molecule has 4 heteroatoms. The third-order valence-electron chi connectivity index (χ3n) is 1.53. The lowest BCUT2D eigenvalue weighted by atomic mass is 10.3. The lowest BCUT2D eigenvalue weighted by molar-refractivity contribution is 0.120. The maximum Gasteiger partial charge on any atom is 0.500 e. The Morgan fingerprint density at radius 1 is 1.18 bits per heavy atom. The average Bonchev–Trinajstić information content (AvgIpc) is 2.00. The van der Waals surface area contributed by atoms with Gasteiger partial charge in [-0.15, -0.1) is 0 Å². The van der Waals surface area contributed by atoms with Crippen LogP contribution >= 0.6 is 0 Å². The van der Waals surface area contributed by atoms with Crippen LogP contribution in [0.3, 0.4) is 0 Å². The van der Waals surface area contributed by atoms with Crippen molar-refractivity contribution in [3.05, 3.63) is 6.92 Å². The first-order valence-electron chi connectivity index (χ1n) is 3.58. The minimum absolute atomic E-state index is 0.293. The Balaban J connectivity index is 4.05. The van der Waals surface area contributed by atoms with Crippen LogP contribution in [0.4, 0.5) is 0 Å². The van der Waals surface area contributed by atoms with Crippen molar-refractivity contribution < 1.29 is 13.3 Å².